The zero-order valence-electron chi connectivity index (χ0n) is 10.2. The lowest BCUT2D eigenvalue weighted by Gasteiger charge is -2.03. The largest absolute Gasteiger partial charge is 0.444 e. The summed E-state index contributed by atoms with van der Waals surface area (Å²) < 4.78 is 7.35. The van der Waals surface area contributed by atoms with Crippen LogP contribution in [0.5, 0.6) is 0 Å². The second kappa shape index (κ2) is 4.14. The Hall–Kier alpha value is -2.37. The highest BCUT2D eigenvalue weighted by atomic mass is 16.4. The van der Waals surface area contributed by atoms with Crippen LogP contribution in [-0.2, 0) is 13.6 Å². The highest BCUT2D eigenvalue weighted by Crippen LogP contribution is 2.19. The summed E-state index contributed by atoms with van der Waals surface area (Å²) in [6.07, 6.45) is 5.23. The van der Waals surface area contributed by atoms with E-state index in [0.717, 1.165) is 22.6 Å². The Morgan fingerprint density at radius 2 is 2.22 bits per heavy atom. The van der Waals surface area contributed by atoms with Crippen molar-refractivity contribution in [2.24, 2.45) is 7.05 Å². The van der Waals surface area contributed by atoms with Crippen molar-refractivity contribution in [3.8, 4) is 0 Å². The van der Waals surface area contributed by atoms with Gasteiger partial charge in [-0.2, -0.15) is 0 Å². The Bertz CT molecular complexity index is 685. The molecule has 0 fully saturated rings. The molecule has 0 aliphatic rings. The predicted molar refractivity (Wildman–Crippen MR) is 67.1 cm³/mol. The number of oxazole rings is 1. The van der Waals surface area contributed by atoms with E-state index in [1.807, 2.05) is 24.6 Å². The quantitative estimate of drug-likeness (QED) is 0.760. The fourth-order valence-corrected chi connectivity index (χ4v) is 1.83. The lowest BCUT2D eigenvalue weighted by Crippen LogP contribution is -2.02. The zero-order valence-corrected chi connectivity index (χ0v) is 10.2. The third kappa shape index (κ3) is 1.81. The average molecular weight is 243 g/mol. The molecule has 0 aromatic carbocycles. The number of hydrogen-bond donors (Lipinski definition) is 1. The highest BCUT2D eigenvalue weighted by Gasteiger charge is 2.07. The topological polar surface area (TPSA) is 68.8 Å². The minimum atomic E-state index is 0.497. The van der Waals surface area contributed by atoms with E-state index in [2.05, 4.69) is 20.3 Å². The number of fused-ring (bicyclic) bond motifs is 1. The van der Waals surface area contributed by atoms with Crippen LogP contribution in [0.4, 0.5) is 5.82 Å². The molecule has 0 spiro atoms. The summed E-state index contributed by atoms with van der Waals surface area (Å²) in [5.41, 5.74) is 1.89. The van der Waals surface area contributed by atoms with Crippen LogP contribution in [0.2, 0.25) is 0 Å². The molecule has 3 rings (SSSR count). The number of rotatable bonds is 3. The third-order valence-electron chi connectivity index (χ3n) is 2.72. The summed E-state index contributed by atoms with van der Waals surface area (Å²) in [6, 6.07) is 1.93. The first-order valence-electron chi connectivity index (χ1n) is 5.65. The van der Waals surface area contributed by atoms with Gasteiger partial charge in [-0.25, -0.2) is 15.0 Å². The number of nitrogens with one attached hydrogen (secondary N) is 1. The molecule has 0 amide bonds. The Kier molecular flexibility index (Phi) is 2.47. The van der Waals surface area contributed by atoms with Gasteiger partial charge in [0.05, 0.1) is 24.6 Å². The second-order valence-electron chi connectivity index (χ2n) is 4.10. The monoisotopic (exact) mass is 243 g/mol. The molecular weight excluding hydrogens is 230 g/mol. The van der Waals surface area contributed by atoms with Gasteiger partial charge in [-0.3, -0.25) is 0 Å². The normalized spacial score (nSPS) is 11.0. The van der Waals surface area contributed by atoms with E-state index in [9.17, 15) is 0 Å². The molecule has 0 saturated carbocycles. The average Bonchev–Trinajstić information content (AvgIpc) is 2.94. The minimum Gasteiger partial charge on any atom is -0.444 e. The Morgan fingerprint density at radius 1 is 1.33 bits per heavy atom. The highest BCUT2D eigenvalue weighted by molar-refractivity contribution is 5.85. The van der Waals surface area contributed by atoms with Crippen molar-refractivity contribution < 1.29 is 4.42 Å². The summed E-state index contributed by atoms with van der Waals surface area (Å²) in [7, 11) is 1.95. The van der Waals surface area contributed by atoms with Crippen molar-refractivity contribution >= 4 is 16.9 Å². The molecular formula is C12H13N5O. The summed E-state index contributed by atoms with van der Waals surface area (Å²) in [4.78, 5) is 12.7. The molecule has 3 heterocycles. The maximum absolute atomic E-state index is 5.40. The number of anilines is 1. The summed E-state index contributed by atoms with van der Waals surface area (Å²) >= 11 is 0. The van der Waals surface area contributed by atoms with Crippen LogP contribution >= 0.6 is 0 Å². The number of imidazole rings is 1. The SMILES string of the molecule is Cc1cnc(CNc2nccc3c2ncn3C)o1. The fraction of sp³-hybridized carbons (Fsp3) is 0.250. The number of pyridine rings is 1. The molecule has 0 atom stereocenters. The Morgan fingerprint density at radius 3 is 3.00 bits per heavy atom. The first kappa shape index (κ1) is 10.8. The van der Waals surface area contributed by atoms with E-state index in [4.69, 9.17) is 4.42 Å². The van der Waals surface area contributed by atoms with E-state index in [0.29, 0.717) is 12.4 Å². The minimum absolute atomic E-state index is 0.497. The molecule has 3 aromatic rings. The van der Waals surface area contributed by atoms with Crippen LogP contribution in [0.3, 0.4) is 0 Å². The molecule has 0 aliphatic heterocycles. The molecule has 3 aromatic heterocycles. The molecule has 1 N–H and O–H groups in total. The predicted octanol–water partition coefficient (Wildman–Crippen LogP) is 1.88. The van der Waals surface area contributed by atoms with Gasteiger partial charge in [0.25, 0.3) is 0 Å². The maximum atomic E-state index is 5.40. The second-order valence-corrected chi connectivity index (χ2v) is 4.10. The van der Waals surface area contributed by atoms with E-state index in [1.54, 1.807) is 18.7 Å². The van der Waals surface area contributed by atoms with Gasteiger partial charge >= 0.3 is 0 Å². The van der Waals surface area contributed by atoms with Gasteiger partial charge < -0.3 is 14.3 Å². The van der Waals surface area contributed by atoms with E-state index >= 15 is 0 Å². The molecule has 6 heteroatoms. The maximum Gasteiger partial charge on any atom is 0.213 e. The first-order chi connectivity index (χ1) is 8.74. The summed E-state index contributed by atoms with van der Waals surface area (Å²) in [5.74, 6) is 2.18. The number of aryl methyl sites for hydroxylation is 2. The Balaban J connectivity index is 1.86. The van der Waals surface area contributed by atoms with Crippen molar-refractivity contribution in [1.82, 2.24) is 19.5 Å². The van der Waals surface area contributed by atoms with E-state index < -0.39 is 0 Å². The van der Waals surface area contributed by atoms with Crippen molar-refractivity contribution in [3.05, 3.63) is 36.4 Å². The van der Waals surface area contributed by atoms with Crippen LogP contribution in [0.25, 0.3) is 11.0 Å². The van der Waals surface area contributed by atoms with Crippen molar-refractivity contribution in [1.29, 1.82) is 0 Å². The van der Waals surface area contributed by atoms with Crippen molar-refractivity contribution in [3.63, 3.8) is 0 Å². The zero-order chi connectivity index (χ0) is 12.5. The van der Waals surface area contributed by atoms with Crippen LogP contribution in [0.15, 0.2) is 29.2 Å². The summed E-state index contributed by atoms with van der Waals surface area (Å²) in [6.45, 7) is 2.37. The van der Waals surface area contributed by atoms with Crippen molar-refractivity contribution in [2.75, 3.05) is 5.32 Å². The van der Waals surface area contributed by atoms with Gasteiger partial charge in [-0.05, 0) is 13.0 Å². The van der Waals surface area contributed by atoms with E-state index in [-0.39, 0.29) is 0 Å². The Labute approximate surface area is 104 Å². The number of hydrogen-bond acceptors (Lipinski definition) is 5. The fourth-order valence-electron chi connectivity index (χ4n) is 1.83. The standard InChI is InChI=1S/C12H13N5O/c1-8-5-14-10(18-8)6-15-12-11-9(3-4-13-12)17(2)7-16-11/h3-5,7H,6H2,1-2H3,(H,13,15). The third-order valence-corrected chi connectivity index (χ3v) is 2.72. The molecule has 92 valence electrons. The van der Waals surface area contributed by atoms with Gasteiger partial charge in [-0.15, -0.1) is 0 Å². The van der Waals surface area contributed by atoms with Crippen molar-refractivity contribution in [2.45, 2.75) is 13.5 Å². The molecule has 18 heavy (non-hydrogen) atoms. The van der Waals surface area contributed by atoms with Crippen LogP contribution in [0, 0.1) is 6.92 Å². The van der Waals surface area contributed by atoms with Gasteiger partial charge in [0.2, 0.25) is 5.89 Å². The number of aromatic nitrogens is 4. The smallest absolute Gasteiger partial charge is 0.213 e. The van der Waals surface area contributed by atoms with E-state index in [1.165, 1.54) is 0 Å². The molecule has 6 nitrogen and oxygen atoms in total. The lowest BCUT2D eigenvalue weighted by molar-refractivity contribution is 0.479. The molecule has 0 radical (unpaired) electrons. The van der Waals surface area contributed by atoms with Gasteiger partial charge in [0, 0.05) is 13.2 Å². The van der Waals surface area contributed by atoms with Crippen LogP contribution in [0.1, 0.15) is 11.7 Å². The molecule has 0 unspecified atom stereocenters. The van der Waals surface area contributed by atoms with Gasteiger partial charge in [0.1, 0.15) is 11.3 Å². The van der Waals surface area contributed by atoms with Gasteiger partial charge in [0.15, 0.2) is 5.82 Å². The molecule has 0 saturated heterocycles. The molecule has 0 aliphatic carbocycles. The number of nitrogens with zero attached hydrogens (tertiary/aromatic N) is 4. The summed E-state index contributed by atoms with van der Waals surface area (Å²) in [5, 5.41) is 3.19. The van der Waals surface area contributed by atoms with Gasteiger partial charge in [-0.1, -0.05) is 0 Å². The lowest BCUT2D eigenvalue weighted by atomic mass is 10.4. The van der Waals surface area contributed by atoms with Crippen LogP contribution in [-0.4, -0.2) is 19.5 Å². The van der Waals surface area contributed by atoms with Crippen LogP contribution < -0.4 is 5.32 Å². The molecule has 0 bridgehead atoms. The first-order valence-corrected chi connectivity index (χ1v) is 5.65.